The molecule has 0 aliphatic carbocycles. The maximum atomic E-state index is 12.9. The fourth-order valence-electron chi connectivity index (χ4n) is 3.96. The lowest BCUT2D eigenvalue weighted by Crippen LogP contribution is -2.45. The number of nitrogens with zero attached hydrogens (tertiary/aromatic N) is 2. The predicted molar refractivity (Wildman–Crippen MR) is 112 cm³/mol. The third-order valence-corrected chi connectivity index (χ3v) is 7.58. The number of piperidine rings is 1. The van der Waals surface area contributed by atoms with E-state index in [4.69, 9.17) is 0 Å². The summed E-state index contributed by atoms with van der Waals surface area (Å²) in [5.74, 6) is -0.526. The molecule has 0 bridgehead atoms. The molecule has 1 aliphatic rings. The van der Waals surface area contributed by atoms with Crippen molar-refractivity contribution in [1.29, 1.82) is 0 Å². The van der Waals surface area contributed by atoms with Gasteiger partial charge in [-0.05, 0) is 43.1 Å². The van der Waals surface area contributed by atoms with Gasteiger partial charge < -0.3 is 0 Å². The first-order chi connectivity index (χ1) is 15.3. The highest BCUT2D eigenvalue weighted by Crippen LogP contribution is 2.31. The van der Waals surface area contributed by atoms with Crippen LogP contribution in [0.5, 0.6) is 0 Å². The molecule has 33 heavy (non-hydrogen) atoms. The van der Waals surface area contributed by atoms with Gasteiger partial charge in [-0.2, -0.15) is 26.3 Å². The largest absolute Gasteiger partial charge is 0.416 e. The van der Waals surface area contributed by atoms with Crippen LogP contribution in [0.2, 0.25) is 0 Å². The van der Waals surface area contributed by atoms with Gasteiger partial charge in [-0.1, -0.05) is 36.4 Å². The molecular formula is C22H24F6N2O2S. The van der Waals surface area contributed by atoms with Gasteiger partial charge in [0.15, 0.2) is 0 Å². The number of rotatable bonds is 6. The summed E-state index contributed by atoms with van der Waals surface area (Å²) in [5.41, 5.74) is -1.05. The summed E-state index contributed by atoms with van der Waals surface area (Å²) in [4.78, 5) is 1.90. The number of hydrogen-bond acceptors (Lipinski definition) is 3. The highest BCUT2D eigenvalue weighted by molar-refractivity contribution is 7.88. The molecular weight excluding hydrogens is 470 g/mol. The van der Waals surface area contributed by atoms with Gasteiger partial charge in [0.05, 0.1) is 16.9 Å². The number of alkyl halides is 6. The van der Waals surface area contributed by atoms with E-state index in [1.807, 2.05) is 4.90 Å². The van der Waals surface area contributed by atoms with E-state index in [1.54, 1.807) is 13.1 Å². The average Bonchev–Trinajstić information content (AvgIpc) is 2.73. The molecule has 0 N–H and O–H groups in total. The zero-order chi connectivity index (χ0) is 24.4. The molecule has 1 saturated heterocycles. The van der Waals surface area contributed by atoms with Gasteiger partial charge in [0.2, 0.25) is 10.0 Å². The Kier molecular flexibility index (Phi) is 7.45. The maximum Gasteiger partial charge on any atom is 0.416 e. The van der Waals surface area contributed by atoms with Gasteiger partial charge in [0.1, 0.15) is 0 Å². The van der Waals surface area contributed by atoms with Crippen molar-refractivity contribution < 1.29 is 34.8 Å². The van der Waals surface area contributed by atoms with Crippen molar-refractivity contribution in [2.24, 2.45) is 0 Å². The molecule has 2 aromatic rings. The van der Waals surface area contributed by atoms with E-state index in [1.165, 1.54) is 22.5 Å². The Morgan fingerprint density at radius 1 is 0.879 bits per heavy atom. The summed E-state index contributed by atoms with van der Waals surface area (Å²) < 4.78 is 104. The molecule has 1 fully saturated rings. The van der Waals surface area contributed by atoms with E-state index in [-0.39, 0.29) is 31.2 Å². The molecule has 0 radical (unpaired) electrons. The lowest BCUT2D eigenvalue weighted by atomic mass is 10.0. The van der Waals surface area contributed by atoms with Gasteiger partial charge in [-0.3, -0.25) is 4.90 Å². The van der Waals surface area contributed by atoms with Crippen molar-refractivity contribution in [3.05, 3.63) is 70.8 Å². The van der Waals surface area contributed by atoms with Crippen molar-refractivity contribution in [2.75, 3.05) is 20.1 Å². The first-order valence-corrected chi connectivity index (χ1v) is 11.9. The summed E-state index contributed by atoms with van der Waals surface area (Å²) in [6.07, 6.45) is -8.04. The fourth-order valence-corrected chi connectivity index (χ4v) is 5.51. The quantitative estimate of drug-likeness (QED) is 0.522. The van der Waals surface area contributed by atoms with Crippen LogP contribution in [0.3, 0.4) is 0 Å². The standard InChI is InChI=1S/C22H24F6N2O2S/c1-29(14-16-4-2-6-18(12-16)21(23,24)25)20-8-10-30(11-9-20)33(31,32)15-17-5-3-7-19(13-17)22(26,27)28/h2-7,12-13,20H,8-11,14-15H2,1H3. The van der Waals surface area contributed by atoms with Crippen molar-refractivity contribution in [2.45, 2.75) is 43.5 Å². The normalized spacial score (nSPS) is 17.0. The minimum Gasteiger partial charge on any atom is -0.299 e. The summed E-state index contributed by atoms with van der Waals surface area (Å²) in [6, 6.07) is 9.32. The summed E-state index contributed by atoms with van der Waals surface area (Å²) in [7, 11) is -2.03. The molecule has 1 aliphatic heterocycles. The minimum atomic E-state index is -4.55. The van der Waals surface area contributed by atoms with Crippen LogP contribution in [0.15, 0.2) is 48.5 Å². The van der Waals surface area contributed by atoms with Crippen LogP contribution in [0.4, 0.5) is 26.3 Å². The number of sulfonamides is 1. The van der Waals surface area contributed by atoms with Crippen molar-refractivity contribution in [1.82, 2.24) is 9.21 Å². The lowest BCUT2D eigenvalue weighted by Gasteiger charge is -2.36. The molecule has 0 spiro atoms. The van der Waals surface area contributed by atoms with Crippen molar-refractivity contribution in [3.8, 4) is 0 Å². The van der Waals surface area contributed by atoms with Crippen LogP contribution < -0.4 is 0 Å². The molecule has 2 aromatic carbocycles. The van der Waals surface area contributed by atoms with Gasteiger partial charge in [0, 0.05) is 25.7 Å². The molecule has 11 heteroatoms. The highest BCUT2D eigenvalue weighted by atomic mass is 32.2. The fraction of sp³-hybridized carbons (Fsp3) is 0.455. The van der Waals surface area contributed by atoms with Crippen molar-refractivity contribution >= 4 is 10.0 Å². The molecule has 1 heterocycles. The van der Waals surface area contributed by atoms with Gasteiger partial charge >= 0.3 is 12.4 Å². The molecule has 3 rings (SSSR count). The molecule has 0 atom stereocenters. The first kappa shape index (κ1) is 25.5. The molecule has 0 amide bonds. The summed E-state index contributed by atoms with van der Waals surface area (Å²) in [5, 5.41) is 0. The lowest BCUT2D eigenvalue weighted by molar-refractivity contribution is -0.138. The number of benzene rings is 2. The van der Waals surface area contributed by atoms with Crippen LogP contribution in [0, 0.1) is 0 Å². The average molecular weight is 495 g/mol. The second-order valence-corrected chi connectivity index (χ2v) is 10.2. The first-order valence-electron chi connectivity index (χ1n) is 10.3. The van der Waals surface area contributed by atoms with Crippen LogP contribution in [0.25, 0.3) is 0 Å². The second kappa shape index (κ2) is 9.63. The van der Waals surface area contributed by atoms with Gasteiger partial charge in [-0.15, -0.1) is 0 Å². The number of hydrogen-bond donors (Lipinski definition) is 0. The van der Waals surface area contributed by atoms with E-state index in [0.717, 1.165) is 24.3 Å². The Labute approximate surface area is 188 Å². The van der Waals surface area contributed by atoms with Crippen LogP contribution >= 0.6 is 0 Å². The van der Waals surface area contributed by atoms with Crippen molar-refractivity contribution in [3.63, 3.8) is 0 Å². The predicted octanol–water partition coefficient (Wildman–Crippen LogP) is 5.15. The zero-order valence-corrected chi connectivity index (χ0v) is 18.6. The Morgan fingerprint density at radius 3 is 1.88 bits per heavy atom. The molecule has 182 valence electrons. The van der Waals surface area contributed by atoms with Crippen LogP contribution in [-0.2, 0) is 34.7 Å². The molecule has 0 unspecified atom stereocenters. The maximum absolute atomic E-state index is 12.9. The third kappa shape index (κ3) is 6.70. The number of halogens is 6. The Morgan fingerprint density at radius 2 is 1.36 bits per heavy atom. The molecule has 0 saturated carbocycles. The zero-order valence-electron chi connectivity index (χ0n) is 17.8. The monoisotopic (exact) mass is 494 g/mol. The highest BCUT2D eigenvalue weighted by Gasteiger charge is 2.33. The summed E-state index contributed by atoms with van der Waals surface area (Å²) >= 11 is 0. The molecule has 0 aromatic heterocycles. The van der Waals surface area contributed by atoms with Gasteiger partial charge in [-0.25, -0.2) is 12.7 Å². The smallest absolute Gasteiger partial charge is 0.299 e. The second-order valence-electron chi connectivity index (χ2n) is 8.20. The van der Waals surface area contributed by atoms with E-state index < -0.39 is 39.3 Å². The van der Waals surface area contributed by atoms with Crippen LogP contribution in [-0.4, -0.2) is 43.8 Å². The summed E-state index contributed by atoms with van der Waals surface area (Å²) in [6.45, 7) is 0.670. The van der Waals surface area contributed by atoms with E-state index >= 15 is 0 Å². The topological polar surface area (TPSA) is 40.6 Å². The SMILES string of the molecule is CN(Cc1cccc(C(F)(F)F)c1)C1CCN(S(=O)(=O)Cc2cccc(C(F)(F)F)c2)CC1. The Bertz CT molecular complexity index is 1060. The molecule has 4 nitrogen and oxygen atoms in total. The Balaban J connectivity index is 1.59. The van der Waals surface area contributed by atoms with Crippen LogP contribution in [0.1, 0.15) is 35.1 Å². The van der Waals surface area contributed by atoms with E-state index in [2.05, 4.69) is 0 Å². The van der Waals surface area contributed by atoms with E-state index in [0.29, 0.717) is 18.4 Å². The third-order valence-electron chi connectivity index (χ3n) is 5.73. The minimum absolute atomic E-state index is 0.0282. The van der Waals surface area contributed by atoms with Gasteiger partial charge in [0.25, 0.3) is 0 Å². The Hall–Kier alpha value is -2.11. The van der Waals surface area contributed by atoms with E-state index in [9.17, 15) is 34.8 Å².